The number of carbonyl (C=O) groups excluding carboxylic acids is 2. The van der Waals surface area contributed by atoms with Crippen molar-refractivity contribution in [2.45, 2.75) is 70.9 Å². The highest BCUT2D eigenvalue weighted by molar-refractivity contribution is 5.69. The molecule has 1 N–H and O–H groups in total. The molecule has 1 amide bonds. The summed E-state index contributed by atoms with van der Waals surface area (Å²) in [5.74, 6) is -0.786. The van der Waals surface area contributed by atoms with E-state index in [2.05, 4.69) is 5.32 Å². The number of ether oxygens (including phenoxy) is 4. The van der Waals surface area contributed by atoms with Crippen LogP contribution in [0.2, 0.25) is 0 Å². The number of hydrogen-bond acceptors (Lipinski definition) is 6. The lowest BCUT2D eigenvalue weighted by Crippen LogP contribution is -2.25. The molecule has 0 aromatic heterocycles. The molecule has 29 heavy (non-hydrogen) atoms. The zero-order chi connectivity index (χ0) is 21.0. The molecule has 1 atom stereocenters. The summed E-state index contributed by atoms with van der Waals surface area (Å²) in [6.45, 7) is 5.26. The molecule has 0 radical (unpaired) electrons. The maximum atomic E-state index is 11.8. The molecule has 1 aliphatic heterocycles. The van der Waals surface area contributed by atoms with Crippen molar-refractivity contribution in [2.75, 3.05) is 19.8 Å². The molecule has 1 heterocycles. The Hall–Kier alpha value is -2.12. The minimum atomic E-state index is -0.593. The summed E-state index contributed by atoms with van der Waals surface area (Å²) < 4.78 is 21.4. The molecule has 0 saturated carbocycles. The molecule has 1 aromatic rings. The van der Waals surface area contributed by atoms with E-state index in [4.69, 9.17) is 18.9 Å². The molecule has 0 spiro atoms. The molecule has 7 heteroatoms. The molecule has 1 aromatic carbocycles. The molecule has 1 saturated heterocycles. The van der Waals surface area contributed by atoms with E-state index in [1.165, 1.54) is 0 Å². The third-order valence-electron chi connectivity index (χ3n) is 4.54. The predicted molar refractivity (Wildman–Crippen MR) is 108 cm³/mol. The number of hydrogen-bond donors (Lipinski definition) is 1. The van der Waals surface area contributed by atoms with Gasteiger partial charge in [-0.25, -0.2) is 4.79 Å². The van der Waals surface area contributed by atoms with Crippen LogP contribution in [0, 0.1) is 0 Å². The maximum Gasteiger partial charge on any atom is 0.407 e. The molecular formula is C22H33NO6. The van der Waals surface area contributed by atoms with Gasteiger partial charge in [-0.05, 0) is 32.3 Å². The molecule has 1 fully saturated rings. The molecule has 0 aliphatic carbocycles. The van der Waals surface area contributed by atoms with Crippen molar-refractivity contribution in [2.24, 2.45) is 0 Å². The van der Waals surface area contributed by atoms with Crippen molar-refractivity contribution in [3.63, 3.8) is 0 Å². The second-order valence-electron chi connectivity index (χ2n) is 7.64. The summed E-state index contributed by atoms with van der Waals surface area (Å²) in [6.07, 6.45) is 4.51. The summed E-state index contributed by atoms with van der Waals surface area (Å²) in [4.78, 5) is 23.4. The summed E-state index contributed by atoms with van der Waals surface area (Å²) in [6, 6.07) is 9.58. The van der Waals surface area contributed by atoms with Gasteiger partial charge in [-0.1, -0.05) is 49.6 Å². The highest BCUT2D eigenvalue weighted by Gasteiger charge is 2.33. The normalized spacial score (nSPS) is 17.7. The van der Waals surface area contributed by atoms with Crippen LogP contribution in [0.4, 0.5) is 4.79 Å². The molecule has 1 aliphatic rings. The number of unbranched alkanes of at least 4 members (excludes halogenated alkanes) is 4. The molecule has 2 rings (SSSR count). The van der Waals surface area contributed by atoms with Crippen LogP contribution < -0.4 is 5.32 Å². The van der Waals surface area contributed by atoms with Crippen molar-refractivity contribution in [3.8, 4) is 0 Å². The summed E-state index contributed by atoms with van der Waals surface area (Å²) in [7, 11) is 0. The van der Waals surface area contributed by atoms with Gasteiger partial charge in [0.2, 0.25) is 0 Å². The average molecular weight is 408 g/mol. The number of esters is 1. The van der Waals surface area contributed by atoms with E-state index in [1.807, 2.05) is 44.2 Å². The Labute approximate surface area is 173 Å². The third kappa shape index (κ3) is 10.3. The fourth-order valence-electron chi connectivity index (χ4n) is 2.99. The van der Waals surface area contributed by atoms with Crippen LogP contribution in [0.3, 0.4) is 0 Å². The third-order valence-corrected chi connectivity index (χ3v) is 4.54. The van der Waals surface area contributed by atoms with Gasteiger partial charge in [-0.2, -0.15) is 0 Å². The van der Waals surface area contributed by atoms with Crippen molar-refractivity contribution >= 4 is 12.1 Å². The first-order chi connectivity index (χ1) is 13.9. The first kappa shape index (κ1) is 23.2. The Balaban J connectivity index is 1.37. The van der Waals surface area contributed by atoms with Gasteiger partial charge in [-0.3, -0.25) is 4.79 Å². The molecule has 0 unspecified atom stereocenters. The SMILES string of the molecule is CC1(C)OC[C@@H](COC(=O)CCCCCCCNC(=O)OCc2ccccc2)O1. The van der Waals surface area contributed by atoms with Gasteiger partial charge in [0.25, 0.3) is 0 Å². The predicted octanol–water partition coefficient (Wildman–Crippen LogP) is 3.95. The Bertz CT molecular complexity index is 619. The van der Waals surface area contributed by atoms with Crippen molar-refractivity contribution in [1.82, 2.24) is 5.32 Å². The topological polar surface area (TPSA) is 83.1 Å². The fraction of sp³-hybridized carbons (Fsp3) is 0.636. The first-order valence-electron chi connectivity index (χ1n) is 10.4. The average Bonchev–Trinajstić information content (AvgIpc) is 3.06. The van der Waals surface area contributed by atoms with Crippen LogP contribution in [0.15, 0.2) is 30.3 Å². The van der Waals surface area contributed by atoms with E-state index in [9.17, 15) is 9.59 Å². The van der Waals surface area contributed by atoms with Crippen LogP contribution in [-0.4, -0.2) is 43.7 Å². The highest BCUT2D eigenvalue weighted by Crippen LogP contribution is 2.22. The number of benzene rings is 1. The zero-order valence-corrected chi connectivity index (χ0v) is 17.5. The van der Waals surface area contributed by atoms with Gasteiger partial charge in [0.05, 0.1) is 6.61 Å². The minimum absolute atomic E-state index is 0.180. The Morgan fingerprint density at radius 2 is 1.79 bits per heavy atom. The van der Waals surface area contributed by atoms with Crippen molar-refractivity contribution in [3.05, 3.63) is 35.9 Å². The second-order valence-corrected chi connectivity index (χ2v) is 7.64. The van der Waals surface area contributed by atoms with Gasteiger partial charge in [-0.15, -0.1) is 0 Å². The second kappa shape index (κ2) is 12.4. The number of rotatable bonds is 12. The van der Waals surface area contributed by atoms with E-state index in [0.29, 0.717) is 19.6 Å². The lowest BCUT2D eigenvalue weighted by molar-refractivity contribution is -0.158. The summed E-state index contributed by atoms with van der Waals surface area (Å²) in [5, 5.41) is 2.75. The number of carbonyl (C=O) groups is 2. The van der Waals surface area contributed by atoms with Crippen LogP contribution in [0.5, 0.6) is 0 Å². The lowest BCUT2D eigenvalue weighted by Gasteiger charge is -2.16. The van der Waals surface area contributed by atoms with E-state index in [0.717, 1.165) is 37.7 Å². The van der Waals surface area contributed by atoms with Crippen LogP contribution in [0.25, 0.3) is 0 Å². The first-order valence-corrected chi connectivity index (χ1v) is 10.4. The molecule has 0 bridgehead atoms. The van der Waals surface area contributed by atoms with E-state index >= 15 is 0 Å². The molecular weight excluding hydrogens is 374 g/mol. The van der Waals surface area contributed by atoms with Crippen molar-refractivity contribution in [1.29, 1.82) is 0 Å². The number of alkyl carbamates (subject to hydrolysis) is 1. The lowest BCUT2D eigenvalue weighted by atomic mass is 10.1. The maximum absolute atomic E-state index is 11.8. The van der Waals surface area contributed by atoms with Gasteiger partial charge in [0.1, 0.15) is 19.3 Å². The van der Waals surface area contributed by atoms with Gasteiger partial charge in [0.15, 0.2) is 5.79 Å². The molecule has 162 valence electrons. The smallest absolute Gasteiger partial charge is 0.407 e. The fourth-order valence-corrected chi connectivity index (χ4v) is 2.99. The van der Waals surface area contributed by atoms with E-state index < -0.39 is 11.9 Å². The molecule has 7 nitrogen and oxygen atoms in total. The van der Waals surface area contributed by atoms with Gasteiger partial charge >= 0.3 is 12.1 Å². The standard InChI is InChI=1S/C22H33NO6/c1-22(2)28-17-19(29-22)16-26-20(24)13-9-4-3-5-10-14-23-21(25)27-15-18-11-7-6-8-12-18/h6-8,11-12,19H,3-5,9-10,13-17H2,1-2H3,(H,23,25)/t19-/m1/s1. The number of nitrogens with one attached hydrogen (secondary N) is 1. The van der Waals surface area contributed by atoms with E-state index in [-0.39, 0.29) is 25.3 Å². The van der Waals surface area contributed by atoms with E-state index in [1.54, 1.807) is 0 Å². The Morgan fingerprint density at radius 1 is 1.07 bits per heavy atom. The highest BCUT2D eigenvalue weighted by atomic mass is 16.7. The summed E-state index contributed by atoms with van der Waals surface area (Å²) >= 11 is 0. The number of amides is 1. The Kier molecular flexibility index (Phi) is 9.94. The van der Waals surface area contributed by atoms with Crippen LogP contribution in [0.1, 0.15) is 57.9 Å². The monoisotopic (exact) mass is 407 g/mol. The van der Waals surface area contributed by atoms with Crippen LogP contribution >= 0.6 is 0 Å². The van der Waals surface area contributed by atoms with Gasteiger partial charge in [0, 0.05) is 13.0 Å². The zero-order valence-electron chi connectivity index (χ0n) is 17.5. The van der Waals surface area contributed by atoms with Crippen LogP contribution in [-0.2, 0) is 30.3 Å². The largest absolute Gasteiger partial charge is 0.463 e. The minimum Gasteiger partial charge on any atom is -0.463 e. The Morgan fingerprint density at radius 3 is 2.52 bits per heavy atom. The van der Waals surface area contributed by atoms with Gasteiger partial charge < -0.3 is 24.3 Å². The summed E-state index contributed by atoms with van der Waals surface area (Å²) in [5.41, 5.74) is 0.967. The van der Waals surface area contributed by atoms with Crippen molar-refractivity contribution < 1.29 is 28.5 Å². The quantitative estimate of drug-likeness (QED) is 0.417.